The molecule has 1 fully saturated rings. The van der Waals surface area contributed by atoms with Crippen molar-refractivity contribution < 1.29 is 23.9 Å². The van der Waals surface area contributed by atoms with Crippen LogP contribution in [0.25, 0.3) is 6.08 Å². The van der Waals surface area contributed by atoms with Gasteiger partial charge in [0.2, 0.25) is 5.91 Å². The minimum atomic E-state index is -0.680. The van der Waals surface area contributed by atoms with Crippen LogP contribution in [-0.2, 0) is 9.59 Å². The Kier molecular flexibility index (Phi) is 7.60. The zero-order valence-electron chi connectivity index (χ0n) is 18.9. The molecule has 4 amide bonds. The van der Waals surface area contributed by atoms with Crippen LogP contribution in [0.3, 0.4) is 0 Å². The lowest BCUT2D eigenvalue weighted by Crippen LogP contribution is -2.38. The molecular formula is C24H26ClN3O5. The van der Waals surface area contributed by atoms with E-state index in [0.29, 0.717) is 27.8 Å². The largest absolute Gasteiger partial charge is 0.493 e. The first kappa shape index (κ1) is 24.1. The smallest absolute Gasteiger partial charge is 0.329 e. The van der Waals surface area contributed by atoms with Gasteiger partial charge in [-0.2, -0.15) is 0 Å². The van der Waals surface area contributed by atoms with Crippen molar-refractivity contribution in [2.24, 2.45) is 0 Å². The summed E-state index contributed by atoms with van der Waals surface area (Å²) in [7, 11) is 1.49. The Balaban J connectivity index is 1.75. The standard InChI is InChI=1S/C24H26ClN3O5/c1-5-15(3)33-22-18(25)10-16(12-20(22)32-4)11-19-23(30)28(24(31)27-19)13-21(29)26-17-8-6-14(2)7-9-17/h6-12,15H,5,13H2,1-4H3,(H,26,29)(H,27,31)/b19-11+. The van der Waals surface area contributed by atoms with Crippen LogP contribution in [0.1, 0.15) is 31.4 Å². The van der Waals surface area contributed by atoms with Crippen LogP contribution >= 0.6 is 11.6 Å². The molecule has 33 heavy (non-hydrogen) atoms. The number of carbonyl (C=O) groups excluding carboxylic acids is 3. The zero-order chi connectivity index (χ0) is 24.1. The topological polar surface area (TPSA) is 97.0 Å². The Morgan fingerprint density at radius 3 is 2.58 bits per heavy atom. The lowest BCUT2D eigenvalue weighted by molar-refractivity contribution is -0.127. The number of rotatable bonds is 8. The molecule has 2 N–H and O–H groups in total. The average Bonchev–Trinajstić information content (AvgIpc) is 3.04. The second-order valence-corrected chi connectivity index (χ2v) is 8.07. The van der Waals surface area contributed by atoms with Crippen LogP contribution in [0, 0.1) is 6.92 Å². The maximum absolute atomic E-state index is 12.7. The highest BCUT2D eigenvalue weighted by Gasteiger charge is 2.35. The first-order chi connectivity index (χ1) is 15.7. The molecular weight excluding hydrogens is 446 g/mol. The molecule has 3 rings (SSSR count). The van der Waals surface area contributed by atoms with Gasteiger partial charge in [0.1, 0.15) is 12.2 Å². The number of amides is 4. The molecule has 0 bridgehead atoms. The normalized spacial score (nSPS) is 15.4. The van der Waals surface area contributed by atoms with E-state index >= 15 is 0 Å². The first-order valence-electron chi connectivity index (χ1n) is 10.5. The van der Waals surface area contributed by atoms with E-state index < -0.39 is 24.4 Å². The lowest BCUT2D eigenvalue weighted by atomic mass is 10.1. The van der Waals surface area contributed by atoms with E-state index in [-0.39, 0.29) is 11.8 Å². The molecule has 1 atom stereocenters. The van der Waals surface area contributed by atoms with Gasteiger partial charge in [-0.05, 0) is 56.2 Å². The van der Waals surface area contributed by atoms with E-state index in [0.717, 1.165) is 16.9 Å². The van der Waals surface area contributed by atoms with Gasteiger partial charge in [-0.15, -0.1) is 0 Å². The van der Waals surface area contributed by atoms with Gasteiger partial charge in [-0.25, -0.2) is 9.69 Å². The zero-order valence-corrected chi connectivity index (χ0v) is 19.7. The number of carbonyl (C=O) groups is 3. The van der Waals surface area contributed by atoms with Crippen molar-refractivity contribution in [2.45, 2.75) is 33.3 Å². The number of nitrogens with one attached hydrogen (secondary N) is 2. The van der Waals surface area contributed by atoms with E-state index in [9.17, 15) is 14.4 Å². The van der Waals surface area contributed by atoms with E-state index in [1.807, 2.05) is 32.9 Å². The Hall–Kier alpha value is -3.52. The molecule has 1 aliphatic rings. The summed E-state index contributed by atoms with van der Waals surface area (Å²) >= 11 is 6.38. The van der Waals surface area contributed by atoms with Gasteiger partial charge in [0, 0.05) is 5.69 Å². The Morgan fingerprint density at radius 2 is 1.94 bits per heavy atom. The van der Waals surface area contributed by atoms with Gasteiger partial charge in [0.05, 0.1) is 18.2 Å². The molecule has 0 aromatic heterocycles. The number of ether oxygens (including phenoxy) is 2. The van der Waals surface area contributed by atoms with Gasteiger partial charge in [0.15, 0.2) is 11.5 Å². The number of nitrogens with zero attached hydrogens (tertiary/aromatic N) is 1. The fraction of sp³-hybridized carbons (Fsp3) is 0.292. The van der Waals surface area contributed by atoms with Crippen LogP contribution in [0.15, 0.2) is 42.1 Å². The third-order valence-corrected chi connectivity index (χ3v) is 5.34. The SMILES string of the molecule is CCC(C)Oc1c(Cl)cc(/C=C2/NC(=O)N(CC(=O)Nc3ccc(C)cc3)C2=O)cc1OC. The van der Waals surface area contributed by atoms with Crippen molar-refractivity contribution in [1.82, 2.24) is 10.2 Å². The predicted molar refractivity (Wildman–Crippen MR) is 126 cm³/mol. The number of imide groups is 1. The molecule has 0 radical (unpaired) electrons. The van der Waals surface area contributed by atoms with Gasteiger partial charge < -0.3 is 20.1 Å². The molecule has 174 valence electrons. The number of aryl methyl sites for hydroxylation is 1. The molecule has 9 heteroatoms. The first-order valence-corrected chi connectivity index (χ1v) is 10.8. The fourth-order valence-electron chi connectivity index (χ4n) is 3.08. The molecule has 0 aliphatic carbocycles. The van der Waals surface area contributed by atoms with Crippen molar-refractivity contribution in [3.05, 3.63) is 58.2 Å². The van der Waals surface area contributed by atoms with Crippen molar-refractivity contribution in [1.29, 1.82) is 0 Å². The summed E-state index contributed by atoms with van der Waals surface area (Å²) in [5, 5.41) is 5.48. The van der Waals surface area contributed by atoms with Crippen LogP contribution in [0.2, 0.25) is 5.02 Å². The summed E-state index contributed by atoms with van der Waals surface area (Å²) in [5.41, 5.74) is 2.18. The Morgan fingerprint density at radius 1 is 1.24 bits per heavy atom. The van der Waals surface area contributed by atoms with E-state index in [1.54, 1.807) is 24.3 Å². The molecule has 0 saturated carbocycles. The molecule has 1 unspecified atom stereocenters. The highest BCUT2D eigenvalue weighted by atomic mass is 35.5. The highest BCUT2D eigenvalue weighted by Crippen LogP contribution is 2.38. The molecule has 0 spiro atoms. The van der Waals surface area contributed by atoms with Crippen molar-refractivity contribution in [3.63, 3.8) is 0 Å². The Bertz CT molecular complexity index is 1100. The van der Waals surface area contributed by atoms with E-state index in [2.05, 4.69) is 10.6 Å². The van der Waals surface area contributed by atoms with Crippen molar-refractivity contribution in [2.75, 3.05) is 19.0 Å². The Labute approximate surface area is 197 Å². The highest BCUT2D eigenvalue weighted by molar-refractivity contribution is 6.32. The number of benzene rings is 2. The van der Waals surface area contributed by atoms with Gasteiger partial charge in [-0.3, -0.25) is 9.59 Å². The predicted octanol–water partition coefficient (Wildman–Crippen LogP) is 4.37. The summed E-state index contributed by atoms with van der Waals surface area (Å²) < 4.78 is 11.2. The number of halogens is 1. The minimum absolute atomic E-state index is 0.0249. The maximum atomic E-state index is 12.7. The van der Waals surface area contributed by atoms with Gasteiger partial charge in [-0.1, -0.05) is 36.2 Å². The summed E-state index contributed by atoms with van der Waals surface area (Å²) in [6, 6.07) is 9.78. The number of hydrogen-bond acceptors (Lipinski definition) is 5. The molecule has 1 saturated heterocycles. The van der Waals surface area contributed by atoms with Crippen LogP contribution in [0.4, 0.5) is 10.5 Å². The van der Waals surface area contributed by atoms with Crippen molar-refractivity contribution in [3.8, 4) is 11.5 Å². The fourth-order valence-corrected chi connectivity index (χ4v) is 3.35. The van der Waals surface area contributed by atoms with Crippen LogP contribution in [-0.4, -0.2) is 42.5 Å². The van der Waals surface area contributed by atoms with Crippen molar-refractivity contribution >= 4 is 41.2 Å². The third-order valence-electron chi connectivity index (χ3n) is 5.06. The second-order valence-electron chi connectivity index (χ2n) is 7.66. The molecule has 1 aliphatic heterocycles. The quantitative estimate of drug-likeness (QED) is 0.440. The van der Waals surface area contributed by atoms with Crippen LogP contribution < -0.4 is 20.1 Å². The number of anilines is 1. The van der Waals surface area contributed by atoms with Crippen LogP contribution in [0.5, 0.6) is 11.5 Å². The van der Waals surface area contributed by atoms with Gasteiger partial charge in [0.25, 0.3) is 5.91 Å². The lowest BCUT2D eigenvalue weighted by Gasteiger charge is -2.17. The number of methoxy groups -OCH3 is 1. The minimum Gasteiger partial charge on any atom is -0.493 e. The molecule has 2 aromatic rings. The summed E-state index contributed by atoms with van der Waals surface area (Å²) in [6.45, 7) is 5.43. The second kappa shape index (κ2) is 10.4. The molecule has 1 heterocycles. The number of urea groups is 1. The summed E-state index contributed by atoms with van der Waals surface area (Å²) in [4.78, 5) is 38.2. The average molecular weight is 472 g/mol. The van der Waals surface area contributed by atoms with Gasteiger partial charge >= 0.3 is 6.03 Å². The maximum Gasteiger partial charge on any atom is 0.329 e. The molecule has 8 nitrogen and oxygen atoms in total. The molecule has 2 aromatic carbocycles. The monoisotopic (exact) mass is 471 g/mol. The van der Waals surface area contributed by atoms with E-state index in [4.69, 9.17) is 21.1 Å². The summed E-state index contributed by atoms with van der Waals surface area (Å²) in [5.74, 6) is -0.290. The third kappa shape index (κ3) is 5.84. The number of hydrogen-bond donors (Lipinski definition) is 2. The summed E-state index contributed by atoms with van der Waals surface area (Å²) in [6.07, 6.45) is 2.20. The van der Waals surface area contributed by atoms with E-state index in [1.165, 1.54) is 13.2 Å².